The first kappa shape index (κ1) is 15.2. The monoisotopic (exact) mass is 340 g/mol. The quantitative estimate of drug-likeness (QED) is 0.851. The number of benzene rings is 1. The van der Waals surface area contributed by atoms with Crippen LogP contribution in [-0.2, 0) is 4.74 Å². The molecule has 2 heterocycles. The Morgan fingerprint density at radius 3 is 2.86 bits per heavy atom. The zero-order valence-corrected chi connectivity index (χ0v) is 13.1. The number of carbonyl (C=O) groups excluding carboxylic acids is 1. The smallest absolute Gasteiger partial charge is 0.255 e. The first-order chi connectivity index (χ1) is 10.6. The van der Waals surface area contributed by atoms with Crippen LogP contribution in [0.25, 0.3) is 0 Å². The van der Waals surface area contributed by atoms with Gasteiger partial charge in [0.1, 0.15) is 11.9 Å². The molecule has 1 atom stereocenters. The van der Waals surface area contributed by atoms with Gasteiger partial charge in [0.05, 0.1) is 40.7 Å². The van der Waals surface area contributed by atoms with Gasteiger partial charge in [-0.3, -0.25) is 4.79 Å². The average molecular weight is 341 g/mol. The summed E-state index contributed by atoms with van der Waals surface area (Å²) in [7, 11) is 0. The first-order valence-electron chi connectivity index (χ1n) is 6.75. The Bertz CT molecular complexity index is 688. The predicted molar refractivity (Wildman–Crippen MR) is 84.2 cm³/mol. The van der Waals surface area contributed by atoms with E-state index in [4.69, 9.17) is 38.1 Å². The fraction of sp³-hybridized carbons (Fsp3) is 0.267. The molecule has 0 bridgehead atoms. The van der Waals surface area contributed by atoms with Crippen LogP contribution in [0.2, 0.25) is 10.0 Å². The van der Waals surface area contributed by atoms with Crippen LogP contribution >= 0.6 is 23.2 Å². The number of anilines is 1. The number of hydrogen-bond acceptors (Lipinski definition) is 4. The third-order valence-electron chi connectivity index (χ3n) is 3.57. The van der Waals surface area contributed by atoms with Crippen LogP contribution < -0.4 is 5.73 Å². The summed E-state index contributed by atoms with van der Waals surface area (Å²) < 4.78 is 11.0. The zero-order valence-electron chi connectivity index (χ0n) is 11.6. The molecule has 1 aliphatic rings. The predicted octanol–water partition coefficient (Wildman–Crippen LogP) is 3.38. The molecule has 5 nitrogen and oxygen atoms in total. The lowest BCUT2D eigenvalue weighted by Gasteiger charge is -2.32. The number of amides is 1. The van der Waals surface area contributed by atoms with E-state index in [1.807, 2.05) is 6.07 Å². The van der Waals surface area contributed by atoms with E-state index in [1.54, 1.807) is 29.4 Å². The molecule has 7 heteroatoms. The molecule has 0 spiro atoms. The highest BCUT2D eigenvalue weighted by Crippen LogP contribution is 2.32. The molecule has 1 aliphatic heterocycles. The van der Waals surface area contributed by atoms with Crippen molar-refractivity contribution in [3.05, 3.63) is 51.9 Å². The summed E-state index contributed by atoms with van der Waals surface area (Å²) in [4.78, 5) is 14.3. The van der Waals surface area contributed by atoms with E-state index in [-0.39, 0.29) is 22.7 Å². The molecule has 1 aromatic heterocycles. The van der Waals surface area contributed by atoms with Crippen LogP contribution in [0.15, 0.2) is 34.9 Å². The fourth-order valence-corrected chi connectivity index (χ4v) is 2.84. The van der Waals surface area contributed by atoms with Crippen molar-refractivity contribution in [3.8, 4) is 0 Å². The third kappa shape index (κ3) is 2.79. The van der Waals surface area contributed by atoms with Gasteiger partial charge in [0.25, 0.3) is 5.91 Å². The molecule has 0 unspecified atom stereocenters. The van der Waals surface area contributed by atoms with Crippen molar-refractivity contribution in [2.24, 2.45) is 0 Å². The molecule has 1 saturated heterocycles. The minimum Gasteiger partial charge on any atom is -0.467 e. The number of hydrogen-bond donors (Lipinski definition) is 1. The molecular formula is C15H14Cl2N2O3. The highest BCUT2D eigenvalue weighted by Gasteiger charge is 2.29. The van der Waals surface area contributed by atoms with Gasteiger partial charge in [-0.2, -0.15) is 0 Å². The fourth-order valence-electron chi connectivity index (χ4n) is 2.39. The van der Waals surface area contributed by atoms with E-state index < -0.39 is 0 Å². The molecule has 0 saturated carbocycles. The van der Waals surface area contributed by atoms with Crippen molar-refractivity contribution in [1.82, 2.24) is 4.90 Å². The van der Waals surface area contributed by atoms with E-state index in [0.717, 1.165) is 0 Å². The van der Waals surface area contributed by atoms with Crippen molar-refractivity contribution >= 4 is 34.8 Å². The van der Waals surface area contributed by atoms with Gasteiger partial charge in [-0.15, -0.1) is 0 Å². The van der Waals surface area contributed by atoms with Gasteiger partial charge < -0.3 is 19.8 Å². The zero-order chi connectivity index (χ0) is 15.7. The molecule has 22 heavy (non-hydrogen) atoms. The van der Waals surface area contributed by atoms with Crippen LogP contribution in [0, 0.1) is 0 Å². The van der Waals surface area contributed by atoms with E-state index in [1.165, 1.54) is 0 Å². The second-order valence-corrected chi connectivity index (χ2v) is 5.73. The number of furan rings is 1. The second kappa shape index (κ2) is 6.20. The number of morpholine rings is 1. The molecule has 0 aliphatic carbocycles. The van der Waals surface area contributed by atoms with Gasteiger partial charge in [-0.05, 0) is 24.3 Å². The van der Waals surface area contributed by atoms with Crippen LogP contribution in [0.3, 0.4) is 0 Å². The van der Waals surface area contributed by atoms with Gasteiger partial charge in [-0.1, -0.05) is 23.2 Å². The van der Waals surface area contributed by atoms with E-state index in [0.29, 0.717) is 36.0 Å². The average Bonchev–Trinajstić information content (AvgIpc) is 3.07. The number of rotatable bonds is 2. The molecule has 1 amide bonds. The maximum Gasteiger partial charge on any atom is 0.255 e. The van der Waals surface area contributed by atoms with Crippen LogP contribution in [0.5, 0.6) is 0 Å². The number of nitrogen functional groups attached to an aromatic ring is 1. The topological polar surface area (TPSA) is 68.7 Å². The summed E-state index contributed by atoms with van der Waals surface area (Å²) in [6.07, 6.45) is 1.30. The normalized spacial score (nSPS) is 18.5. The standard InChI is InChI=1S/C15H14Cl2N2O3/c16-10-4-3-9(13(17)14(10)18)15(20)19-5-7-22-12(8-19)11-2-1-6-21-11/h1-4,6,12H,5,7-8,18H2/t12-/m0/s1. The third-order valence-corrected chi connectivity index (χ3v) is 4.31. The molecule has 1 aromatic carbocycles. The number of nitrogens with two attached hydrogens (primary N) is 1. The van der Waals surface area contributed by atoms with Gasteiger partial charge in [-0.25, -0.2) is 0 Å². The second-order valence-electron chi connectivity index (χ2n) is 4.95. The van der Waals surface area contributed by atoms with Crippen molar-refractivity contribution < 1.29 is 13.9 Å². The molecule has 0 radical (unpaired) electrons. The lowest BCUT2D eigenvalue weighted by molar-refractivity contribution is -0.0321. The number of halogens is 2. The molecule has 1 fully saturated rings. The highest BCUT2D eigenvalue weighted by molar-refractivity contribution is 6.40. The van der Waals surface area contributed by atoms with Gasteiger partial charge in [0.2, 0.25) is 0 Å². The number of nitrogens with zero attached hydrogens (tertiary/aromatic N) is 1. The Labute approximate surface area is 137 Å². The summed E-state index contributed by atoms with van der Waals surface area (Å²) in [6, 6.07) is 6.77. The summed E-state index contributed by atoms with van der Waals surface area (Å²) in [5, 5.41) is 0.510. The number of carbonyl (C=O) groups is 1. The largest absolute Gasteiger partial charge is 0.467 e. The van der Waals surface area contributed by atoms with Gasteiger partial charge in [0.15, 0.2) is 0 Å². The van der Waals surface area contributed by atoms with E-state index >= 15 is 0 Å². The minimum atomic E-state index is -0.281. The summed E-state index contributed by atoms with van der Waals surface area (Å²) in [5.41, 5.74) is 6.33. The lowest BCUT2D eigenvalue weighted by Crippen LogP contribution is -2.42. The van der Waals surface area contributed by atoms with E-state index in [9.17, 15) is 4.79 Å². The van der Waals surface area contributed by atoms with Crippen LogP contribution in [0.4, 0.5) is 5.69 Å². The highest BCUT2D eigenvalue weighted by atomic mass is 35.5. The first-order valence-corrected chi connectivity index (χ1v) is 7.51. The maximum absolute atomic E-state index is 12.7. The summed E-state index contributed by atoms with van der Waals surface area (Å²) in [5.74, 6) is 0.493. The maximum atomic E-state index is 12.7. The summed E-state index contributed by atoms with van der Waals surface area (Å²) >= 11 is 12.0. The lowest BCUT2D eigenvalue weighted by atomic mass is 10.1. The Morgan fingerprint density at radius 2 is 2.14 bits per heavy atom. The van der Waals surface area contributed by atoms with Crippen molar-refractivity contribution in [1.29, 1.82) is 0 Å². The van der Waals surface area contributed by atoms with Crippen LogP contribution in [0.1, 0.15) is 22.2 Å². The molecule has 2 N–H and O–H groups in total. The molecule has 2 aromatic rings. The Morgan fingerprint density at radius 1 is 1.32 bits per heavy atom. The van der Waals surface area contributed by atoms with E-state index in [2.05, 4.69) is 0 Å². The SMILES string of the molecule is Nc1c(Cl)ccc(C(=O)N2CCO[C@H](c3ccco3)C2)c1Cl. The Kier molecular flexibility index (Phi) is 4.29. The van der Waals surface area contributed by atoms with Gasteiger partial charge >= 0.3 is 0 Å². The Balaban J connectivity index is 1.82. The Hall–Kier alpha value is -1.69. The molecule has 3 rings (SSSR count). The van der Waals surface area contributed by atoms with Crippen molar-refractivity contribution in [2.45, 2.75) is 6.10 Å². The van der Waals surface area contributed by atoms with Crippen molar-refractivity contribution in [2.75, 3.05) is 25.4 Å². The number of ether oxygens (including phenoxy) is 1. The molecule has 116 valence electrons. The van der Waals surface area contributed by atoms with Gasteiger partial charge in [0, 0.05) is 6.54 Å². The van der Waals surface area contributed by atoms with Crippen LogP contribution in [-0.4, -0.2) is 30.5 Å². The summed E-state index contributed by atoms with van der Waals surface area (Å²) in [6.45, 7) is 1.30. The van der Waals surface area contributed by atoms with Crippen molar-refractivity contribution in [3.63, 3.8) is 0 Å². The minimum absolute atomic E-state index is 0.179. The molecular weight excluding hydrogens is 327 g/mol.